The molecule has 2 aromatic carbocycles. The highest BCUT2D eigenvalue weighted by atomic mass is 32.2. The molecular formula is C26H33N3O6S. The van der Waals surface area contributed by atoms with Crippen LogP contribution in [0, 0.1) is 0 Å². The number of alkyl carbamates (subject to hydrolysis) is 2. The van der Waals surface area contributed by atoms with Gasteiger partial charge in [-0.25, -0.2) is 14.4 Å². The second kappa shape index (κ2) is 11.2. The highest BCUT2D eigenvalue weighted by Crippen LogP contribution is 2.44. The Morgan fingerprint density at radius 2 is 1.50 bits per heavy atom. The summed E-state index contributed by atoms with van der Waals surface area (Å²) in [5.74, 6) is -1.40. The normalized spacial score (nSPS) is 15.1. The predicted octanol–water partition coefficient (Wildman–Crippen LogP) is 3.78. The van der Waals surface area contributed by atoms with Gasteiger partial charge in [0.2, 0.25) is 5.66 Å². The zero-order valence-electron chi connectivity index (χ0n) is 21.1. The van der Waals surface area contributed by atoms with Crippen LogP contribution in [0.1, 0.15) is 37.8 Å². The van der Waals surface area contributed by atoms with Gasteiger partial charge in [0.1, 0.15) is 12.2 Å². The Balaban J connectivity index is 1.83. The average molecular weight is 516 g/mol. The predicted molar refractivity (Wildman–Crippen MR) is 139 cm³/mol. The van der Waals surface area contributed by atoms with Crippen molar-refractivity contribution >= 4 is 29.9 Å². The van der Waals surface area contributed by atoms with E-state index in [9.17, 15) is 19.5 Å². The van der Waals surface area contributed by atoms with Crippen LogP contribution < -0.4 is 16.0 Å². The maximum Gasteiger partial charge on any atom is 0.410 e. The third-order valence-corrected chi connectivity index (χ3v) is 6.55. The number of nitrogens with one attached hydrogen (secondary N) is 3. The first-order valence-electron chi connectivity index (χ1n) is 11.6. The minimum absolute atomic E-state index is 0.00521. The lowest BCUT2D eigenvalue weighted by molar-refractivity contribution is -0.147. The van der Waals surface area contributed by atoms with Gasteiger partial charge in [0.05, 0.1) is 6.04 Å². The molecule has 2 atom stereocenters. The number of amides is 2. The molecule has 0 heterocycles. The Labute approximate surface area is 215 Å². The highest BCUT2D eigenvalue weighted by molar-refractivity contribution is 7.98. The van der Waals surface area contributed by atoms with Crippen LogP contribution >= 0.6 is 11.8 Å². The van der Waals surface area contributed by atoms with Gasteiger partial charge in [-0.1, -0.05) is 48.5 Å². The summed E-state index contributed by atoms with van der Waals surface area (Å²) in [7, 11) is 1.55. The Kier molecular flexibility index (Phi) is 8.52. The maximum atomic E-state index is 13.0. The zero-order valence-corrected chi connectivity index (χ0v) is 21.9. The summed E-state index contributed by atoms with van der Waals surface area (Å²) in [4.78, 5) is 38.1. The summed E-state index contributed by atoms with van der Waals surface area (Å²) in [6, 6.07) is 14.9. The van der Waals surface area contributed by atoms with Gasteiger partial charge < -0.3 is 19.9 Å². The van der Waals surface area contributed by atoms with Gasteiger partial charge in [-0.05, 0) is 56.3 Å². The number of rotatable bonds is 9. The summed E-state index contributed by atoms with van der Waals surface area (Å²) >= 11 is 1.35. The van der Waals surface area contributed by atoms with E-state index in [-0.39, 0.29) is 18.3 Å². The van der Waals surface area contributed by atoms with Crippen LogP contribution in [0.15, 0.2) is 48.5 Å². The van der Waals surface area contributed by atoms with E-state index >= 15 is 0 Å². The Morgan fingerprint density at radius 3 is 1.97 bits per heavy atom. The van der Waals surface area contributed by atoms with Crippen molar-refractivity contribution in [1.29, 1.82) is 0 Å². The number of fused-ring (bicyclic) bond motifs is 3. The SMILES string of the molecule is CN[C@H](CSC)[C@](NC(=O)OCC1c2ccccc2-c2ccccc21)(NC(=O)OC(C)(C)C)C(=O)O. The number of likely N-dealkylation sites (N-methyl/N-ethyl adjacent to an activating group) is 1. The fourth-order valence-electron chi connectivity index (χ4n) is 4.31. The van der Waals surface area contributed by atoms with Crippen LogP contribution in [0.3, 0.4) is 0 Å². The van der Waals surface area contributed by atoms with Crippen molar-refractivity contribution in [2.24, 2.45) is 0 Å². The van der Waals surface area contributed by atoms with Crippen LogP contribution in [0.2, 0.25) is 0 Å². The first-order chi connectivity index (χ1) is 17.0. The van der Waals surface area contributed by atoms with E-state index in [0.29, 0.717) is 0 Å². The number of ether oxygens (including phenoxy) is 2. The summed E-state index contributed by atoms with van der Waals surface area (Å²) < 4.78 is 10.8. The zero-order chi connectivity index (χ0) is 26.5. The van der Waals surface area contributed by atoms with Gasteiger partial charge in [-0.3, -0.25) is 10.6 Å². The Morgan fingerprint density at radius 1 is 0.972 bits per heavy atom. The standard InChI is InChI=1S/C26H33N3O6S/c1-25(2,3)35-24(33)29-26(22(30)31,21(27-4)15-36-5)28-23(32)34-14-20-18-12-8-6-10-16(18)17-11-7-9-13-19(17)20/h6-13,20-21,27H,14-15H2,1-5H3,(H,28,32)(H,29,33)(H,30,31)/t21-,26+/m1/s1. The number of thioether (sulfide) groups is 1. The smallest absolute Gasteiger partial charge is 0.410 e. The monoisotopic (exact) mass is 515 g/mol. The van der Waals surface area contributed by atoms with Gasteiger partial charge in [0.25, 0.3) is 0 Å². The third kappa shape index (κ3) is 5.93. The minimum atomic E-state index is -2.22. The molecule has 1 aliphatic rings. The molecule has 3 rings (SSSR count). The van der Waals surface area contributed by atoms with Crippen LogP contribution in [0.25, 0.3) is 11.1 Å². The molecule has 0 unspecified atom stereocenters. The van der Waals surface area contributed by atoms with Crippen LogP contribution in [0.5, 0.6) is 0 Å². The van der Waals surface area contributed by atoms with E-state index in [1.807, 2.05) is 48.5 Å². The fourth-order valence-corrected chi connectivity index (χ4v) is 5.06. The molecule has 10 heteroatoms. The summed E-state index contributed by atoms with van der Waals surface area (Å²) in [6.07, 6.45) is -0.167. The number of carboxylic acid groups (broad SMARTS) is 1. The van der Waals surface area contributed by atoms with Crippen molar-refractivity contribution in [2.45, 2.75) is 44.0 Å². The second-order valence-corrected chi connectivity index (χ2v) is 10.4. The molecule has 194 valence electrons. The van der Waals surface area contributed by atoms with Gasteiger partial charge in [-0.2, -0.15) is 11.8 Å². The molecule has 2 amide bonds. The number of aliphatic carboxylic acids is 1. The van der Waals surface area contributed by atoms with E-state index in [0.717, 1.165) is 22.3 Å². The molecular weight excluding hydrogens is 482 g/mol. The first kappa shape index (κ1) is 27.3. The number of hydrogen-bond donors (Lipinski definition) is 4. The molecule has 36 heavy (non-hydrogen) atoms. The molecule has 2 aromatic rings. The summed E-state index contributed by atoms with van der Waals surface area (Å²) in [6.45, 7) is 4.97. The van der Waals surface area contributed by atoms with Crippen molar-refractivity contribution in [3.8, 4) is 11.1 Å². The van der Waals surface area contributed by atoms with E-state index in [1.54, 1.807) is 34.1 Å². The summed E-state index contributed by atoms with van der Waals surface area (Å²) in [5.41, 5.74) is 1.11. The minimum Gasteiger partial charge on any atom is -0.478 e. The first-order valence-corrected chi connectivity index (χ1v) is 13.0. The molecule has 0 fully saturated rings. The molecule has 0 aliphatic heterocycles. The molecule has 0 saturated carbocycles. The molecule has 0 radical (unpaired) electrons. The van der Waals surface area contributed by atoms with Crippen LogP contribution in [-0.4, -0.2) is 66.2 Å². The van der Waals surface area contributed by atoms with Crippen molar-refractivity contribution in [3.05, 3.63) is 59.7 Å². The van der Waals surface area contributed by atoms with Gasteiger partial charge in [0.15, 0.2) is 0 Å². The fraction of sp³-hybridized carbons (Fsp3) is 0.423. The van der Waals surface area contributed by atoms with E-state index in [1.165, 1.54) is 11.8 Å². The van der Waals surface area contributed by atoms with Crippen molar-refractivity contribution in [2.75, 3.05) is 25.7 Å². The van der Waals surface area contributed by atoms with Crippen molar-refractivity contribution in [3.63, 3.8) is 0 Å². The van der Waals surface area contributed by atoms with Crippen LogP contribution in [0.4, 0.5) is 9.59 Å². The molecule has 0 bridgehead atoms. The lowest BCUT2D eigenvalue weighted by Crippen LogP contribution is -2.75. The van der Waals surface area contributed by atoms with Crippen molar-refractivity contribution in [1.82, 2.24) is 16.0 Å². The van der Waals surface area contributed by atoms with Crippen LogP contribution in [-0.2, 0) is 14.3 Å². The third-order valence-electron chi connectivity index (χ3n) is 5.88. The molecule has 0 spiro atoms. The van der Waals surface area contributed by atoms with Gasteiger partial charge >= 0.3 is 18.2 Å². The number of hydrogen-bond acceptors (Lipinski definition) is 7. The number of carbonyl (C=O) groups is 3. The van der Waals surface area contributed by atoms with E-state index in [4.69, 9.17) is 9.47 Å². The van der Waals surface area contributed by atoms with E-state index < -0.39 is 35.5 Å². The highest BCUT2D eigenvalue weighted by Gasteiger charge is 2.50. The maximum absolute atomic E-state index is 13.0. The molecule has 1 aliphatic carbocycles. The molecule has 0 aromatic heterocycles. The quantitative estimate of drug-likeness (QED) is 0.372. The number of carboxylic acids is 1. The van der Waals surface area contributed by atoms with E-state index in [2.05, 4.69) is 16.0 Å². The average Bonchev–Trinajstić information content (AvgIpc) is 3.13. The van der Waals surface area contributed by atoms with Gasteiger partial charge in [0, 0.05) is 11.7 Å². The topological polar surface area (TPSA) is 126 Å². The Hall–Kier alpha value is -3.24. The second-order valence-electron chi connectivity index (χ2n) is 9.49. The summed E-state index contributed by atoms with van der Waals surface area (Å²) in [5, 5.41) is 17.8. The molecule has 9 nitrogen and oxygen atoms in total. The molecule has 4 N–H and O–H groups in total. The Bertz CT molecular complexity index is 1070. The lowest BCUT2D eigenvalue weighted by atomic mass is 9.98. The lowest BCUT2D eigenvalue weighted by Gasteiger charge is -2.37. The number of carbonyl (C=O) groups excluding carboxylic acids is 2. The largest absolute Gasteiger partial charge is 0.478 e. The van der Waals surface area contributed by atoms with Gasteiger partial charge in [-0.15, -0.1) is 0 Å². The number of benzene rings is 2. The van der Waals surface area contributed by atoms with Crippen molar-refractivity contribution < 1.29 is 29.0 Å². The molecule has 0 saturated heterocycles.